The second-order valence-corrected chi connectivity index (χ2v) is 5.92. The summed E-state index contributed by atoms with van der Waals surface area (Å²) in [7, 11) is 0. The van der Waals surface area contributed by atoms with E-state index in [0.717, 1.165) is 22.8 Å². The van der Waals surface area contributed by atoms with Crippen molar-refractivity contribution in [2.75, 3.05) is 11.1 Å². The number of benzene rings is 1. The number of carbonyl (C=O) groups excluding carboxylic acids is 1. The molecule has 1 aromatic rings. The van der Waals surface area contributed by atoms with Crippen LogP contribution in [0.15, 0.2) is 29.2 Å². The number of nitrogens with one attached hydrogen (secondary N) is 1. The van der Waals surface area contributed by atoms with Crippen molar-refractivity contribution in [3.05, 3.63) is 24.3 Å². The Kier molecular flexibility index (Phi) is 5.69. The van der Waals surface area contributed by atoms with Crippen LogP contribution in [-0.4, -0.2) is 17.2 Å². The third-order valence-corrected chi connectivity index (χ3v) is 3.57. The van der Waals surface area contributed by atoms with Crippen LogP contribution in [-0.2, 0) is 4.79 Å². The van der Waals surface area contributed by atoms with Gasteiger partial charge < -0.3 is 11.1 Å². The molecule has 0 fully saturated rings. The lowest BCUT2D eigenvalue weighted by Crippen LogP contribution is -2.48. The topological polar surface area (TPSA) is 55.1 Å². The summed E-state index contributed by atoms with van der Waals surface area (Å²) in [6.45, 7) is 5.90. The molecule has 0 radical (unpaired) electrons. The van der Waals surface area contributed by atoms with Gasteiger partial charge in [0.25, 0.3) is 0 Å². The first-order valence-corrected chi connectivity index (χ1v) is 7.31. The van der Waals surface area contributed by atoms with Gasteiger partial charge in [0.1, 0.15) is 0 Å². The quantitative estimate of drug-likeness (QED) is 0.777. The van der Waals surface area contributed by atoms with Crippen molar-refractivity contribution in [2.24, 2.45) is 5.73 Å². The van der Waals surface area contributed by atoms with Gasteiger partial charge in [-0.1, -0.05) is 26.3 Å². The molecular weight excluding hydrogens is 244 g/mol. The molecule has 0 bridgehead atoms. The predicted octanol–water partition coefficient (Wildman–Crippen LogP) is 3.25. The SMILES string of the molecule is CCCC(C)(N)C(=O)Nc1cccc(SCC)c1. The van der Waals surface area contributed by atoms with E-state index < -0.39 is 5.54 Å². The van der Waals surface area contributed by atoms with Gasteiger partial charge in [-0.2, -0.15) is 0 Å². The monoisotopic (exact) mass is 266 g/mol. The Morgan fingerprint density at radius 1 is 1.44 bits per heavy atom. The van der Waals surface area contributed by atoms with Crippen molar-refractivity contribution >= 4 is 23.4 Å². The van der Waals surface area contributed by atoms with Crippen molar-refractivity contribution < 1.29 is 4.79 Å². The Morgan fingerprint density at radius 3 is 2.78 bits per heavy atom. The van der Waals surface area contributed by atoms with E-state index in [4.69, 9.17) is 5.73 Å². The molecule has 1 rings (SSSR count). The van der Waals surface area contributed by atoms with Crippen LogP contribution in [0.1, 0.15) is 33.6 Å². The zero-order chi connectivity index (χ0) is 13.6. The fourth-order valence-corrected chi connectivity index (χ4v) is 2.46. The molecule has 0 aliphatic heterocycles. The average Bonchev–Trinajstić information content (AvgIpc) is 2.29. The van der Waals surface area contributed by atoms with Gasteiger partial charge in [-0.15, -0.1) is 11.8 Å². The van der Waals surface area contributed by atoms with Crippen molar-refractivity contribution in [1.82, 2.24) is 0 Å². The van der Waals surface area contributed by atoms with Crippen LogP contribution in [0.2, 0.25) is 0 Å². The highest BCUT2D eigenvalue weighted by Crippen LogP contribution is 2.22. The molecular formula is C14H22N2OS. The molecule has 0 heterocycles. The van der Waals surface area contributed by atoms with Crippen LogP contribution in [0.3, 0.4) is 0 Å². The summed E-state index contributed by atoms with van der Waals surface area (Å²) in [6.07, 6.45) is 1.58. The number of carbonyl (C=O) groups is 1. The minimum atomic E-state index is -0.803. The molecule has 0 aliphatic carbocycles. The Morgan fingerprint density at radius 2 is 2.17 bits per heavy atom. The van der Waals surface area contributed by atoms with E-state index >= 15 is 0 Å². The van der Waals surface area contributed by atoms with Crippen molar-refractivity contribution in [2.45, 2.75) is 44.0 Å². The van der Waals surface area contributed by atoms with E-state index in [9.17, 15) is 4.79 Å². The normalized spacial score (nSPS) is 14.0. The van der Waals surface area contributed by atoms with Crippen LogP contribution in [0.25, 0.3) is 0 Å². The Hall–Kier alpha value is -1.00. The highest BCUT2D eigenvalue weighted by Gasteiger charge is 2.27. The maximum Gasteiger partial charge on any atom is 0.244 e. The van der Waals surface area contributed by atoms with Gasteiger partial charge in [0, 0.05) is 10.6 Å². The summed E-state index contributed by atoms with van der Waals surface area (Å²) in [5.41, 5.74) is 6.01. The number of anilines is 1. The van der Waals surface area contributed by atoms with E-state index in [1.54, 1.807) is 18.7 Å². The number of amides is 1. The maximum atomic E-state index is 12.1. The zero-order valence-electron chi connectivity index (χ0n) is 11.3. The van der Waals surface area contributed by atoms with E-state index in [0.29, 0.717) is 6.42 Å². The first-order valence-electron chi connectivity index (χ1n) is 6.32. The molecule has 1 amide bonds. The molecule has 0 spiro atoms. The Bertz CT molecular complexity index is 405. The van der Waals surface area contributed by atoms with Crippen LogP contribution in [0.5, 0.6) is 0 Å². The predicted molar refractivity (Wildman–Crippen MR) is 79.0 cm³/mol. The summed E-state index contributed by atoms with van der Waals surface area (Å²) in [6, 6.07) is 7.85. The van der Waals surface area contributed by atoms with Crippen molar-refractivity contribution in [1.29, 1.82) is 0 Å². The third kappa shape index (κ3) is 4.35. The molecule has 4 heteroatoms. The highest BCUT2D eigenvalue weighted by atomic mass is 32.2. The fraction of sp³-hybridized carbons (Fsp3) is 0.500. The molecule has 100 valence electrons. The van der Waals surface area contributed by atoms with Crippen LogP contribution < -0.4 is 11.1 Å². The molecule has 3 N–H and O–H groups in total. The summed E-state index contributed by atoms with van der Waals surface area (Å²) in [5, 5.41) is 2.89. The number of nitrogens with two attached hydrogens (primary N) is 1. The summed E-state index contributed by atoms with van der Waals surface area (Å²) in [5.74, 6) is 0.893. The van der Waals surface area contributed by atoms with Gasteiger partial charge in [0.05, 0.1) is 5.54 Å². The molecule has 3 nitrogen and oxygen atoms in total. The van der Waals surface area contributed by atoms with Gasteiger partial charge in [-0.05, 0) is 37.3 Å². The molecule has 0 saturated carbocycles. The molecule has 1 unspecified atom stereocenters. The lowest BCUT2D eigenvalue weighted by atomic mass is 9.96. The lowest BCUT2D eigenvalue weighted by molar-refractivity contribution is -0.120. The second-order valence-electron chi connectivity index (χ2n) is 4.58. The standard InChI is InChI=1S/C14H22N2OS/c1-4-9-14(3,15)13(17)16-11-7-6-8-12(10-11)18-5-2/h6-8,10H,4-5,9,15H2,1-3H3,(H,16,17). The van der Waals surface area contributed by atoms with Crippen LogP contribution in [0.4, 0.5) is 5.69 Å². The minimum Gasteiger partial charge on any atom is -0.324 e. The van der Waals surface area contributed by atoms with E-state index in [1.807, 2.05) is 31.2 Å². The zero-order valence-corrected chi connectivity index (χ0v) is 12.1. The smallest absolute Gasteiger partial charge is 0.244 e. The van der Waals surface area contributed by atoms with Gasteiger partial charge in [0.15, 0.2) is 0 Å². The first-order chi connectivity index (χ1) is 8.49. The van der Waals surface area contributed by atoms with E-state index in [1.165, 1.54) is 0 Å². The van der Waals surface area contributed by atoms with E-state index in [2.05, 4.69) is 12.2 Å². The fourth-order valence-electron chi connectivity index (χ4n) is 1.74. The number of hydrogen-bond donors (Lipinski definition) is 2. The summed E-state index contributed by atoms with van der Waals surface area (Å²) < 4.78 is 0. The van der Waals surface area contributed by atoms with Crippen molar-refractivity contribution in [3.63, 3.8) is 0 Å². The summed E-state index contributed by atoms with van der Waals surface area (Å²) >= 11 is 1.75. The first kappa shape index (κ1) is 15.1. The molecule has 1 aromatic carbocycles. The lowest BCUT2D eigenvalue weighted by Gasteiger charge is -2.22. The number of hydrogen-bond acceptors (Lipinski definition) is 3. The van der Waals surface area contributed by atoms with Gasteiger partial charge >= 0.3 is 0 Å². The highest BCUT2D eigenvalue weighted by molar-refractivity contribution is 7.99. The third-order valence-electron chi connectivity index (χ3n) is 2.69. The maximum absolute atomic E-state index is 12.1. The Labute approximate surface area is 114 Å². The van der Waals surface area contributed by atoms with E-state index in [-0.39, 0.29) is 5.91 Å². The molecule has 0 aliphatic rings. The van der Waals surface area contributed by atoms with Crippen molar-refractivity contribution in [3.8, 4) is 0 Å². The molecule has 0 saturated heterocycles. The molecule has 18 heavy (non-hydrogen) atoms. The van der Waals surface area contributed by atoms with Gasteiger partial charge in [-0.25, -0.2) is 0 Å². The van der Waals surface area contributed by atoms with Gasteiger partial charge in [-0.3, -0.25) is 4.79 Å². The van der Waals surface area contributed by atoms with Gasteiger partial charge in [0.2, 0.25) is 5.91 Å². The second kappa shape index (κ2) is 6.81. The number of thioether (sulfide) groups is 1. The average molecular weight is 266 g/mol. The van der Waals surface area contributed by atoms with Crippen LogP contribution >= 0.6 is 11.8 Å². The number of rotatable bonds is 6. The Balaban J connectivity index is 2.72. The molecule has 1 atom stereocenters. The van der Waals surface area contributed by atoms with Crippen LogP contribution in [0, 0.1) is 0 Å². The molecule has 0 aromatic heterocycles. The minimum absolute atomic E-state index is 0.122. The largest absolute Gasteiger partial charge is 0.324 e. The summed E-state index contributed by atoms with van der Waals surface area (Å²) in [4.78, 5) is 13.2.